The van der Waals surface area contributed by atoms with Crippen molar-refractivity contribution in [1.29, 1.82) is 0 Å². The van der Waals surface area contributed by atoms with Gasteiger partial charge < -0.3 is 4.90 Å². The highest BCUT2D eigenvalue weighted by Gasteiger charge is 2.25. The molecule has 2 nitrogen and oxygen atoms in total. The normalized spacial score (nSPS) is 11.9. The molecule has 0 aliphatic heterocycles. The molecule has 0 aliphatic carbocycles. The molecule has 2 heteroatoms. The number of pyridine rings is 1. The zero-order chi connectivity index (χ0) is 23.2. The van der Waals surface area contributed by atoms with Crippen LogP contribution in [0.1, 0.15) is 97.1 Å². The van der Waals surface area contributed by atoms with Crippen molar-refractivity contribution in [3.8, 4) is 0 Å². The number of anilines is 1. The second kappa shape index (κ2) is 14.1. The van der Waals surface area contributed by atoms with Crippen LogP contribution in [0.5, 0.6) is 0 Å². The molecule has 32 heavy (non-hydrogen) atoms. The summed E-state index contributed by atoms with van der Waals surface area (Å²) in [5, 5.41) is 0. The quantitative estimate of drug-likeness (QED) is 0.256. The third-order valence-electron chi connectivity index (χ3n) is 7.36. The lowest BCUT2D eigenvalue weighted by molar-refractivity contribution is -0.699. The Morgan fingerprint density at radius 3 is 1.69 bits per heavy atom. The van der Waals surface area contributed by atoms with Gasteiger partial charge in [0.25, 0.3) is 0 Å². The summed E-state index contributed by atoms with van der Waals surface area (Å²) in [5.41, 5.74) is 4.37. The van der Waals surface area contributed by atoms with Crippen LogP contribution in [0, 0.1) is 5.41 Å². The second-order valence-electron chi connectivity index (χ2n) is 9.30. The Hall–Kier alpha value is -2.09. The van der Waals surface area contributed by atoms with Crippen molar-refractivity contribution in [2.24, 2.45) is 5.41 Å². The first kappa shape index (κ1) is 26.2. The number of rotatable bonds is 15. The van der Waals surface area contributed by atoms with Crippen LogP contribution >= 0.6 is 0 Å². The molecule has 0 amide bonds. The van der Waals surface area contributed by atoms with Crippen molar-refractivity contribution in [3.05, 3.63) is 59.9 Å². The van der Waals surface area contributed by atoms with Gasteiger partial charge in [0.1, 0.15) is 6.54 Å². The van der Waals surface area contributed by atoms with E-state index in [1.165, 1.54) is 68.2 Å². The van der Waals surface area contributed by atoms with Gasteiger partial charge in [0.05, 0.1) is 0 Å². The van der Waals surface area contributed by atoms with E-state index in [0.717, 1.165) is 19.6 Å². The van der Waals surface area contributed by atoms with Gasteiger partial charge in [-0.05, 0) is 41.5 Å². The Labute approximate surface area is 198 Å². The van der Waals surface area contributed by atoms with Gasteiger partial charge in [0, 0.05) is 37.3 Å². The second-order valence-corrected chi connectivity index (χ2v) is 9.30. The molecule has 176 valence electrons. The summed E-state index contributed by atoms with van der Waals surface area (Å²) in [6.45, 7) is 15.0. The van der Waals surface area contributed by atoms with Crippen LogP contribution in [0.25, 0.3) is 12.2 Å². The average molecular weight is 436 g/mol. The molecule has 1 aromatic carbocycles. The monoisotopic (exact) mass is 435 g/mol. The molecule has 0 saturated carbocycles. The summed E-state index contributed by atoms with van der Waals surface area (Å²) in [6, 6.07) is 13.5. The molecular formula is C30H47N2+. The standard InChI is InChI=1S/C30H47N2/c1-6-11-22-32(23-12-7-2)29-17-15-27(16-18-29)13-14-28-19-24-31(25-20-28)26-21-30(8-3,9-4)10-5/h13-20,24-25H,6-12,21-23,26H2,1-5H3/q+1. The molecule has 0 atom stereocenters. The molecule has 0 saturated heterocycles. The van der Waals surface area contributed by atoms with Crippen LogP contribution in [0.3, 0.4) is 0 Å². The Kier molecular flexibility index (Phi) is 11.6. The van der Waals surface area contributed by atoms with Gasteiger partial charge in [-0.2, -0.15) is 0 Å². The van der Waals surface area contributed by atoms with Crippen LogP contribution in [-0.4, -0.2) is 13.1 Å². The van der Waals surface area contributed by atoms with Crippen LogP contribution < -0.4 is 9.47 Å². The highest BCUT2D eigenvalue weighted by Crippen LogP contribution is 2.34. The van der Waals surface area contributed by atoms with E-state index in [4.69, 9.17) is 0 Å². The number of unbranched alkanes of at least 4 members (excludes halogenated alkanes) is 2. The minimum atomic E-state index is 0.500. The van der Waals surface area contributed by atoms with Gasteiger partial charge in [-0.3, -0.25) is 0 Å². The number of nitrogens with zero attached hydrogens (tertiary/aromatic N) is 2. The fourth-order valence-corrected chi connectivity index (χ4v) is 4.43. The van der Waals surface area contributed by atoms with E-state index in [1.807, 2.05) is 0 Å². The fourth-order valence-electron chi connectivity index (χ4n) is 4.43. The molecule has 0 radical (unpaired) electrons. The lowest BCUT2D eigenvalue weighted by atomic mass is 9.77. The topological polar surface area (TPSA) is 7.12 Å². The number of aryl methyl sites for hydroxylation is 1. The fraction of sp³-hybridized carbons (Fsp3) is 0.567. The SMILES string of the molecule is CCCCN(CCCC)c1ccc(C=Cc2cc[n+](CCC(CC)(CC)CC)cc2)cc1. The minimum absolute atomic E-state index is 0.500. The summed E-state index contributed by atoms with van der Waals surface area (Å²) in [6.07, 6.45) is 19.0. The Balaban J connectivity index is 1.96. The highest BCUT2D eigenvalue weighted by molar-refractivity contribution is 5.70. The van der Waals surface area contributed by atoms with Crippen LogP contribution in [0.4, 0.5) is 5.69 Å². The van der Waals surface area contributed by atoms with Gasteiger partial charge in [0.15, 0.2) is 12.4 Å². The number of hydrogen-bond acceptors (Lipinski definition) is 1. The molecule has 1 aromatic heterocycles. The summed E-state index contributed by atoms with van der Waals surface area (Å²) in [5.74, 6) is 0. The van der Waals surface area contributed by atoms with Gasteiger partial charge in [-0.1, -0.05) is 91.0 Å². The predicted molar refractivity (Wildman–Crippen MR) is 142 cm³/mol. The van der Waals surface area contributed by atoms with Gasteiger partial charge in [-0.15, -0.1) is 0 Å². The highest BCUT2D eigenvalue weighted by atomic mass is 15.1. The molecule has 0 N–H and O–H groups in total. The molecular weight excluding hydrogens is 388 g/mol. The summed E-state index contributed by atoms with van der Waals surface area (Å²) >= 11 is 0. The van der Waals surface area contributed by atoms with Crippen LogP contribution in [0.2, 0.25) is 0 Å². The lowest BCUT2D eigenvalue weighted by Gasteiger charge is -2.28. The van der Waals surface area contributed by atoms with E-state index in [2.05, 4.69) is 105 Å². The molecule has 2 rings (SSSR count). The lowest BCUT2D eigenvalue weighted by Crippen LogP contribution is -2.36. The van der Waals surface area contributed by atoms with E-state index >= 15 is 0 Å². The first-order valence-electron chi connectivity index (χ1n) is 13.1. The molecule has 2 aromatic rings. The van der Waals surface area contributed by atoms with Crippen molar-refractivity contribution in [3.63, 3.8) is 0 Å². The van der Waals surface area contributed by atoms with Crippen molar-refractivity contribution in [2.45, 2.75) is 92.5 Å². The first-order valence-corrected chi connectivity index (χ1v) is 13.1. The van der Waals surface area contributed by atoms with E-state index in [9.17, 15) is 0 Å². The Bertz CT molecular complexity index is 753. The smallest absolute Gasteiger partial charge is 0.169 e. The van der Waals surface area contributed by atoms with Crippen molar-refractivity contribution in [1.82, 2.24) is 0 Å². The average Bonchev–Trinajstić information content (AvgIpc) is 2.85. The van der Waals surface area contributed by atoms with Crippen LogP contribution in [-0.2, 0) is 6.54 Å². The van der Waals surface area contributed by atoms with E-state index in [1.54, 1.807) is 0 Å². The molecule has 1 heterocycles. The van der Waals surface area contributed by atoms with Gasteiger partial charge in [-0.25, -0.2) is 4.57 Å². The number of hydrogen-bond donors (Lipinski definition) is 0. The zero-order valence-electron chi connectivity index (χ0n) is 21.4. The maximum Gasteiger partial charge on any atom is 0.169 e. The largest absolute Gasteiger partial charge is 0.372 e. The molecule has 0 spiro atoms. The third-order valence-corrected chi connectivity index (χ3v) is 7.36. The van der Waals surface area contributed by atoms with Gasteiger partial charge in [0.2, 0.25) is 0 Å². The minimum Gasteiger partial charge on any atom is -0.372 e. The zero-order valence-corrected chi connectivity index (χ0v) is 21.4. The predicted octanol–water partition coefficient (Wildman–Crippen LogP) is 8.16. The molecule has 0 unspecified atom stereocenters. The molecule has 0 fully saturated rings. The summed E-state index contributed by atoms with van der Waals surface area (Å²) in [4.78, 5) is 2.54. The van der Waals surface area contributed by atoms with Gasteiger partial charge >= 0.3 is 0 Å². The van der Waals surface area contributed by atoms with Crippen molar-refractivity contribution in [2.75, 3.05) is 18.0 Å². The van der Waals surface area contributed by atoms with E-state index < -0.39 is 0 Å². The van der Waals surface area contributed by atoms with Crippen LogP contribution in [0.15, 0.2) is 48.8 Å². The van der Waals surface area contributed by atoms with E-state index in [-0.39, 0.29) is 0 Å². The Morgan fingerprint density at radius 2 is 1.22 bits per heavy atom. The molecule has 0 bridgehead atoms. The molecule has 0 aliphatic rings. The number of aromatic nitrogens is 1. The maximum atomic E-state index is 2.54. The maximum absolute atomic E-state index is 2.54. The Morgan fingerprint density at radius 1 is 0.719 bits per heavy atom. The first-order chi connectivity index (χ1) is 15.6. The summed E-state index contributed by atoms with van der Waals surface area (Å²) < 4.78 is 2.34. The third kappa shape index (κ3) is 8.11. The van der Waals surface area contributed by atoms with Crippen molar-refractivity contribution >= 4 is 17.8 Å². The van der Waals surface area contributed by atoms with E-state index in [0.29, 0.717) is 5.41 Å². The summed E-state index contributed by atoms with van der Waals surface area (Å²) in [7, 11) is 0. The van der Waals surface area contributed by atoms with Crippen molar-refractivity contribution < 1.29 is 4.57 Å². The number of benzene rings is 1.